The SMILES string of the molecule is COc1ccc2c(-c3ccc(Cl)cc3)csc2c1. The fraction of sp³-hybridized carbons (Fsp3) is 0.0667. The molecule has 0 radical (unpaired) electrons. The van der Waals surface area contributed by atoms with Crippen molar-refractivity contribution < 1.29 is 4.74 Å². The number of benzene rings is 2. The number of hydrogen-bond acceptors (Lipinski definition) is 2. The maximum Gasteiger partial charge on any atom is 0.120 e. The molecule has 0 aliphatic heterocycles. The first kappa shape index (κ1) is 11.6. The molecule has 0 aliphatic rings. The van der Waals surface area contributed by atoms with Crippen molar-refractivity contribution in [2.75, 3.05) is 7.11 Å². The summed E-state index contributed by atoms with van der Waals surface area (Å²) in [4.78, 5) is 0. The van der Waals surface area contributed by atoms with Gasteiger partial charge in [-0.1, -0.05) is 23.7 Å². The van der Waals surface area contributed by atoms with Crippen molar-refractivity contribution in [1.29, 1.82) is 0 Å². The van der Waals surface area contributed by atoms with Gasteiger partial charge in [0.2, 0.25) is 0 Å². The number of rotatable bonds is 2. The maximum atomic E-state index is 5.92. The second-order valence-electron chi connectivity index (χ2n) is 4.02. The Kier molecular flexibility index (Phi) is 2.98. The lowest BCUT2D eigenvalue weighted by molar-refractivity contribution is 0.415. The number of methoxy groups -OCH3 is 1. The third-order valence-electron chi connectivity index (χ3n) is 2.94. The van der Waals surface area contributed by atoms with E-state index in [2.05, 4.69) is 17.5 Å². The Morgan fingerprint density at radius 2 is 1.83 bits per heavy atom. The zero-order chi connectivity index (χ0) is 12.5. The number of ether oxygens (including phenoxy) is 1. The van der Waals surface area contributed by atoms with Crippen LogP contribution in [0.3, 0.4) is 0 Å². The normalized spacial score (nSPS) is 10.8. The predicted molar refractivity (Wildman–Crippen MR) is 78.8 cm³/mol. The van der Waals surface area contributed by atoms with E-state index < -0.39 is 0 Å². The first-order valence-corrected chi connectivity index (χ1v) is 6.85. The Labute approximate surface area is 115 Å². The van der Waals surface area contributed by atoms with E-state index in [-0.39, 0.29) is 0 Å². The molecule has 0 saturated carbocycles. The molecule has 1 nitrogen and oxygen atoms in total. The third-order valence-corrected chi connectivity index (χ3v) is 4.14. The molecular formula is C15H11ClOS. The van der Waals surface area contributed by atoms with Gasteiger partial charge in [0.05, 0.1) is 7.11 Å². The molecule has 3 aromatic rings. The molecule has 0 bridgehead atoms. The van der Waals surface area contributed by atoms with Gasteiger partial charge in [-0.2, -0.15) is 0 Å². The molecule has 0 atom stereocenters. The van der Waals surface area contributed by atoms with Crippen LogP contribution in [0.4, 0.5) is 0 Å². The van der Waals surface area contributed by atoms with Crippen molar-refractivity contribution in [3.8, 4) is 16.9 Å². The van der Waals surface area contributed by atoms with Crippen LogP contribution in [0.15, 0.2) is 47.8 Å². The number of thiophene rings is 1. The average molecular weight is 275 g/mol. The zero-order valence-electron chi connectivity index (χ0n) is 9.81. The molecule has 1 aromatic heterocycles. The summed E-state index contributed by atoms with van der Waals surface area (Å²) in [7, 11) is 1.69. The predicted octanol–water partition coefficient (Wildman–Crippen LogP) is 5.23. The van der Waals surface area contributed by atoms with Crippen molar-refractivity contribution in [1.82, 2.24) is 0 Å². The van der Waals surface area contributed by atoms with Crippen LogP contribution >= 0.6 is 22.9 Å². The van der Waals surface area contributed by atoms with E-state index in [0.717, 1.165) is 10.8 Å². The summed E-state index contributed by atoms with van der Waals surface area (Å²) in [6, 6.07) is 14.1. The minimum atomic E-state index is 0.764. The van der Waals surface area contributed by atoms with Gasteiger partial charge in [0, 0.05) is 20.7 Å². The van der Waals surface area contributed by atoms with Crippen LogP contribution in [0, 0.1) is 0 Å². The van der Waals surface area contributed by atoms with Crippen molar-refractivity contribution in [2.45, 2.75) is 0 Å². The van der Waals surface area contributed by atoms with E-state index in [1.54, 1.807) is 18.4 Å². The fourth-order valence-electron chi connectivity index (χ4n) is 1.99. The standard InChI is InChI=1S/C15H11ClOS/c1-17-12-6-7-13-14(9-18-15(13)8-12)10-2-4-11(16)5-3-10/h2-9H,1H3. The Hall–Kier alpha value is -1.51. The maximum absolute atomic E-state index is 5.92. The first-order valence-electron chi connectivity index (χ1n) is 5.59. The van der Waals surface area contributed by atoms with E-state index in [1.165, 1.54) is 21.2 Å². The molecule has 0 amide bonds. The highest BCUT2D eigenvalue weighted by atomic mass is 35.5. The smallest absolute Gasteiger partial charge is 0.120 e. The molecule has 2 aromatic carbocycles. The van der Waals surface area contributed by atoms with E-state index in [1.807, 2.05) is 30.3 Å². The van der Waals surface area contributed by atoms with Gasteiger partial charge >= 0.3 is 0 Å². The second-order valence-corrected chi connectivity index (χ2v) is 5.37. The molecule has 0 aliphatic carbocycles. The van der Waals surface area contributed by atoms with Gasteiger partial charge in [-0.25, -0.2) is 0 Å². The summed E-state index contributed by atoms with van der Waals surface area (Å²) in [5, 5.41) is 4.19. The lowest BCUT2D eigenvalue weighted by Gasteiger charge is -2.02. The molecule has 90 valence electrons. The Balaban J connectivity index is 2.15. The topological polar surface area (TPSA) is 9.23 Å². The molecule has 3 heteroatoms. The van der Waals surface area contributed by atoms with Gasteiger partial charge < -0.3 is 4.74 Å². The van der Waals surface area contributed by atoms with Crippen molar-refractivity contribution in [3.63, 3.8) is 0 Å². The molecule has 0 fully saturated rings. The zero-order valence-corrected chi connectivity index (χ0v) is 11.4. The number of hydrogen-bond donors (Lipinski definition) is 0. The Morgan fingerprint density at radius 3 is 2.56 bits per heavy atom. The van der Waals surface area contributed by atoms with Gasteiger partial charge in [0.15, 0.2) is 0 Å². The molecule has 1 heterocycles. The largest absolute Gasteiger partial charge is 0.497 e. The van der Waals surface area contributed by atoms with Gasteiger partial charge in [0.1, 0.15) is 5.75 Å². The van der Waals surface area contributed by atoms with Gasteiger partial charge in [0.25, 0.3) is 0 Å². The Morgan fingerprint density at radius 1 is 1.06 bits per heavy atom. The van der Waals surface area contributed by atoms with Crippen LogP contribution in [0.1, 0.15) is 0 Å². The highest BCUT2D eigenvalue weighted by molar-refractivity contribution is 7.17. The summed E-state index contributed by atoms with van der Waals surface area (Å²) >= 11 is 7.65. The highest BCUT2D eigenvalue weighted by Crippen LogP contribution is 2.36. The molecule has 0 N–H and O–H groups in total. The highest BCUT2D eigenvalue weighted by Gasteiger charge is 2.07. The summed E-state index contributed by atoms with van der Waals surface area (Å²) in [5.41, 5.74) is 2.44. The second kappa shape index (κ2) is 4.63. The van der Waals surface area contributed by atoms with Crippen molar-refractivity contribution in [3.05, 3.63) is 52.9 Å². The molecule has 18 heavy (non-hydrogen) atoms. The van der Waals surface area contributed by atoms with Crippen LogP contribution in [-0.4, -0.2) is 7.11 Å². The summed E-state index contributed by atoms with van der Waals surface area (Å²) in [6.45, 7) is 0. The van der Waals surface area contributed by atoms with E-state index in [9.17, 15) is 0 Å². The van der Waals surface area contributed by atoms with Gasteiger partial charge in [-0.3, -0.25) is 0 Å². The van der Waals surface area contributed by atoms with E-state index in [4.69, 9.17) is 16.3 Å². The van der Waals surface area contributed by atoms with E-state index >= 15 is 0 Å². The van der Waals surface area contributed by atoms with Gasteiger partial charge in [-0.05, 0) is 41.3 Å². The summed E-state index contributed by atoms with van der Waals surface area (Å²) < 4.78 is 6.48. The van der Waals surface area contributed by atoms with E-state index in [0.29, 0.717) is 0 Å². The van der Waals surface area contributed by atoms with Crippen LogP contribution < -0.4 is 4.74 Å². The van der Waals surface area contributed by atoms with Crippen LogP contribution in [0.2, 0.25) is 5.02 Å². The fourth-order valence-corrected chi connectivity index (χ4v) is 3.11. The molecule has 0 saturated heterocycles. The molecule has 3 rings (SSSR count). The number of fused-ring (bicyclic) bond motifs is 1. The van der Waals surface area contributed by atoms with Crippen molar-refractivity contribution in [2.24, 2.45) is 0 Å². The Bertz CT molecular complexity index is 685. The third kappa shape index (κ3) is 1.98. The van der Waals surface area contributed by atoms with Crippen molar-refractivity contribution >= 4 is 33.0 Å². The minimum Gasteiger partial charge on any atom is -0.497 e. The minimum absolute atomic E-state index is 0.764. The lowest BCUT2D eigenvalue weighted by Crippen LogP contribution is -1.81. The van der Waals surface area contributed by atoms with Crippen LogP contribution in [-0.2, 0) is 0 Å². The monoisotopic (exact) mass is 274 g/mol. The quantitative estimate of drug-likeness (QED) is 0.622. The van der Waals surface area contributed by atoms with Crippen LogP contribution in [0.5, 0.6) is 5.75 Å². The number of halogens is 1. The molecule has 0 unspecified atom stereocenters. The van der Waals surface area contributed by atoms with Gasteiger partial charge in [-0.15, -0.1) is 11.3 Å². The summed E-state index contributed by atoms with van der Waals surface area (Å²) in [5.74, 6) is 0.895. The molecule has 0 spiro atoms. The van der Waals surface area contributed by atoms with Crippen LogP contribution in [0.25, 0.3) is 21.2 Å². The molecular weight excluding hydrogens is 264 g/mol. The summed E-state index contributed by atoms with van der Waals surface area (Å²) in [6.07, 6.45) is 0. The first-order chi connectivity index (χ1) is 8.78. The average Bonchev–Trinajstić information content (AvgIpc) is 2.82. The lowest BCUT2D eigenvalue weighted by atomic mass is 10.1.